The van der Waals surface area contributed by atoms with Crippen LogP contribution in [0.1, 0.15) is 58.2 Å². The second kappa shape index (κ2) is 7.21. The molecule has 0 spiro atoms. The molecule has 6 nitrogen and oxygen atoms in total. The average Bonchev–Trinajstić information content (AvgIpc) is 2.98. The molecule has 2 heterocycles. The molecule has 1 aromatic carbocycles. The van der Waals surface area contributed by atoms with Crippen molar-refractivity contribution in [3.63, 3.8) is 0 Å². The summed E-state index contributed by atoms with van der Waals surface area (Å²) in [4.78, 5) is 14.9. The largest absolute Gasteiger partial charge is 0.393 e. The summed E-state index contributed by atoms with van der Waals surface area (Å²) in [5.74, 6) is 0.0530. The maximum absolute atomic E-state index is 13.1. The number of hydrogen-bond acceptors (Lipinski definition) is 4. The van der Waals surface area contributed by atoms with Crippen LogP contribution in [0.15, 0.2) is 24.3 Å². The van der Waals surface area contributed by atoms with E-state index >= 15 is 0 Å². The molecule has 0 saturated heterocycles. The van der Waals surface area contributed by atoms with Gasteiger partial charge < -0.3 is 15.1 Å². The molecule has 26 heavy (non-hydrogen) atoms. The number of aliphatic hydroxyl groups is 2. The molecule has 2 N–H and O–H groups in total. The molecule has 4 rings (SSSR count). The van der Waals surface area contributed by atoms with Crippen molar-refractivity contribution in [2.45, 2.75) is 51.3 Å². The minimum atomic E-state index is -0.973. The van der Waals surface area contributed by atoms with Crippen molar-refractivity contribution in [2.24, 2.45) is 0 Å². The number of benzene rings is 1. The Morgan fingerprint density at radius 3 is 2.73 bits per heavy atom. The van der Waals surface area contributed by atoms with Gasteiger partial charge in [-0.15, -0.1) is 0 Å². The normalized spacial score (nSPS) is 18.0. The molecule has 1 atom stereocenters. The molecule has 0 radical (unpaired) electrons. The van der Waals surface area contributed by atoms with E-state index in [1.54, 1.807) is 6.07 Å². The van der Waals surface area contributed by atoms with Crippen LogP contribution in [0, 0.1) is 0 Å². The fourth-order valence-electron chi connectivity index (χ4n) is 3.96. The maximum Gasteiger partial charge on any atom is 0.254 e. The Kier molecular flexibility index (Phi) is 4.78. The summed E-state index contributed by atoms with van der Waals surface area (Å²) in [5, 5.41) is 23.3. The maximum atomic E-state index is 13.1. The molecule has 0 unspecified atom stereocenters. The van der Waals surface area contributed by atoms with Crippen LogP contribution in [0.2, 0.25) is 0 Å². The zero-order valence-corrected chi connectivity index (χ0v) is 14.9. The monoisotopic (exact) mass is 355 g/mol. The highest BCUT2D eigenvalue weighted by Crippen LogP contribution is 2.24. The molecule has 0 bridgehead atoms. The molecule has 2 aromatic rings. The smallest absolute Gasteiger partial charge is 0.254 e. The summed E-state index contributed by atoms with van der Waals surface area (Å²) < 4.78 is 1.84. The van der Waals surface area contributed by atoms with E-state index in [-0.39, 0.29) is 12.5 Å². The highest BCUT2D eigenvalue weighted by molar-refractivity contribution is 5.94. The zero-order chi connectivity index (χ0) is 18.1. The summed E-state index contributed by atoms with van der Waals surface area (Å²) >= 11 is 0. The van der Waals surface area contributed by atoms with Gasteiger partial charge in [0.15, 0.2) is 0 Å². The first-order chi connectivity index (χ1) is 12.7. The SMILES string of the molecule is O=C(c1ccc2c(c1)CCCC2)N1CCCn2nc([C@@H](O)CO)cc2C1. The minimum absolute atomic E-state index is 0.0530. The van der Waals surface area contributed by atoms with Gasteiger partial charge in [0, 0.05) is 18.7 Å². The lowest BCUT2D eigenvalue weighted by Crippen LogP contribution is -2.31. The Hall–Kier alpha value is -2.18. The number of aryl methyl sites for hydroxylation is 3. The van der Waals surface area contributed by atoms with Crippen LogP contribution in [-0.4, -0.2) is 44.0 Å². The predicted molar refractivity (Wildman–Crippen MR) is 96.7 cm³/mol. The van der Waals surface area contributed by atoms with Crippen LogP contribution in [0.4, 0.5) is 0 Å². The molecule has 1 aromatic heterocycles. The van der Waals surface area contributed by atoms with Gasteiger partial charge in [-0.25, -0.2) is 0 Å². The van der Waals surface area contributed by atoms with Crippen molar-refractivity contribution in [2.75, 3.05) is 13.2 Å². The van der Waals surface area contributed by atoms with E-state index < -0.39 is 6.10 Å². The fraction of sp³-hybridized carbons (Fsp3) is 0.500. The van der Waals surface area contributed by atoms with E-state index in [0.717, 1.165) is 30.5 Å². The lowest BCUT2D eigenvalue weighted by atomic mass is 9.90. The molecule has 0 fully saturated rings. The number of carbonyl (C=O) groups is 1. The summed E-state index contributed by atoms with van der Waals surface area (Å²) in [6, 6.07) is 7.93. The van der Waals surface area contributed by atoms with Gasteiger partial charge in [0.2, 0.25) is 0 Å². The molecule has 138 valence electrons. The van der Waals surface area contributed by atoms with Gasteiger partial charge in [-0.05, 0) is 61.4 Å². The van der Waals surface area contributed by atoms with Gasteiger partial charge >= 0.3 is 0 Å². The topological polar surface area (TPSA) is 78.6 Å². The third kappa shape index (κ3) is 3.27. The van der Waals surface area contributed by atoms with Crippen LogP contribution < -0.4 is 0 Å². The number of carbonyl (C=O) groups excluding carboxylic acids is 1. The predicted octanol–water partition coefficient (Wildman–Crippen LogP) is 1.83. The van der Waals surface area contributed by atoms with E-state index in [0.29, 0.717) is 25.3 Å². The molecule has 1 amide bonds. The average molecular weight is 355 g/mol. The molecule has 0 saturated carbocycles. The van der Waals surface area contributed by atoms with Crippen molar-refractivity contribution in [1.82, 2.24) is 14.7 Å². The first-order valence-corrected chi connectivity index (χ1v) is 9.42. The summed E-state index contributed by atoms with van der Waals surface area (Å²) in [6.07, 6.45) is 4.45. The van der Waals surface area contributed by atoms with E-state index in [9.17, 15) is 9.90 Å². The van der Waals surface area contributed by atoms with Crippen LogP contribution >= 0.6 is 0 Å². The van der Waals surface area contributed by atoms with Gasteiger partial charge in [0.25, 0.3) is 5.91 Å². The number of amides is 1. The number of aromatic nitrogens is 2. The Morgan fingerprint density at radius 2 is 1.92 bits per heavy atom. The number of nitrogens with zero attached hydrogens (tertiary/aromatic N) is 3. The van der Waals surface area contributed by atoms with E-state index in [1.807, 2.05) is 15.6 Å². The van der Waals surface area contributed by atoms with E-state index in [2.05, 4.69) is 17.2 Å². The molecule has 1 aliphatic carbocycles. The van der Waals surface area contributed by atoms with Gasteiger partial charge in [-0.2, -0.15) is 5.10 Å². The highest BCUT2D eigenvalue weighted by Gasteiger charge is 2.24. The van der Waals surface area contributed by atoms with Crippen LogP contribution in [-0.2, 0) is 25.9 Å². The Balaban J connectivity index is 1.56. The lowest BCUT2D eigenvalue weighted by Gasteiger charge is -2.22. The van der Waals surface area contributed by atoms with Crippen LogP contribution in [0.3, 0.4) is 0 Å². The summed E-state index contributed by atoms with van der Waals surface area (Å²) in [7, 11) is 0. The number of hydrogen-bond donors (Lipinski definition) is 2. The van der Waals surface area contributed by atoms with Crippen molar-refractivity contribution >= 4 is 5.91 Å². The third-order valence-corrected chi connectivity index (χ3v) is 5.43. The van der Waals surface area contributed by atoms with Gasteiger partial charge in [-0.3, -0.25) is 9.48 Å². The number of aliphatic hydroxyl groups excluding tert-OH is 2. The van der Waals surface area contributed by atoms with Crippen molar-refractivity contribution in [3.8, 4) is 0 Å². The first-order valence-electron chi connectivity index (χ1n) is 9.42. The van der Waals surface area contributed by atoms with Gasteiger partial charge in [-0.1, -0.05) is 6.07 Å². The first kappa shape index (κ1) is 17.2. The molecule has 1 aliphatic heterocycles. The van der Waals surface area contributed by atoms with Gasteiger partial charge in [0.05, 0.1) is 24.5 Å². The standard InChI is InChI=1S/C20H25N3O3/c24-13-19(25)18-11-17-12-22(8-3-9-23(17)21-18)20(26)16-7-6-14-4-1-2-5-15(14)10-16/h6-7,10-11,19,24-25H,1-5,8-9,12-13H2/t19-/m0/s1. The van der Waals surface area contributed by atoms with E-state index in [1.165, 1.54) is 24.0 Å². The van der Waals surface area contributed by atoms with E-state index in [4.69, 9.17) is 5.11 Å². The molecular weight excluding hydrogens is 330 g/mol. The molecular formula is C20H25N3O3. The second-order valence-electron chi connectivity index (χ2n) is 7.25. The Bertz CT molecular complexity index is 815. The zero-order valence-electron chi connectivity index (χ0n) is 14.9. The molecule has 6 heteroatoms. The third-order valence-electron chi connectivity index (χ3n) is 5.43. The van der Waals surface area contributed by atoms with Gasteiger partial charge in [0.1, 0.15) is 6.10 Å². The Labute approximate surface area is 153 Å². The van der Waals surface area contributed by atoms with Crippen molar-refractivity contribution in [3.05, 3.63) is 52.3 Å². The number of rotatable bonds is 3. The lowest BCUT2D eigenvalue weighted by molar-refractivity contribution is 0.0745. The second-order valence-corrected chi connectivity index (χ2v) is 7.25. The Morgan fingerprint density at radius 1 is 1.12 bits per heavy atom. The van der Waals surface area contributed by atoms with Crippen molar-refractivity contribution < 1.29 is 15.0 Å². The quantitative estimate of drug-likeness (QED) is 0.880. The summed E-state index contributed by atoms with van der Waals surface area (Å²) in [6.45, 7) is 1.52. The van der Waals surface area contributed by atoms with Crippen LogP contribution in [0.5, 0.6) is 0 Å². The highest BCUT2D eigenvalue weighted by atomic mass is 16.3. The summed E-state index contributed by atoms with van der Waals surface area (Å²) in [5.41, 5.74) is 4.82. The minimum Gasteiger partial charge on any atom is -0.393 e. The number of fused-ring (bicyclic) bond motifs is 2. The van der Waals surface area contributed by atoms with Crippen molar-refractivity contribution in [1.29, 1.82) is 0 Å². The molecule has 2 aliphatic rings. The fourth-order valence-corrected chi connectivity index (χ4v) is 3.96. The van der Waals surface area contributed by atoms with Crippen LogP contribution in [0.25, 0.3) is 0 Å².